The molecule has 0 radical (unpaired) electrons. The van der Waals surface area contributed by atoms with Crippen LogP contribution in [-0.2, 0) is 29.3 Å². The highest BCUT2D eigenvalue weighted by Gasteiger charge is 2.32. The van der Waals surface area contributed by atoms with Crippen molar-refractivity contribution >= 4 is 35.1 Å². The number of benzene rings is 3. The number of amides is 1. The molecule has 5 rings (SSSR count). The SMILES string of the molecule is CC(=O)N[C@@H]1CCN(CCCOc2cccc(-c3cccc(COc4cc(OCc5cncc(C#N)c5)c(CNC(C)(CO)C(=O)O)cc4Cl)c3C)c2Cl)C1. The van der Waals surface area contributed by atoms with E-state index in [0.29, 0.717) is 45.6 Å². The summed E-state index contributed by atoms with van der Waals surface area (Å²) in [5.41, 5.74) is 3.57. The highest BCUT2D eigenvalue weighted by Crippen LogP contribution is 2.39. The van der Waals surface area contributed by atoms with Gasteiger partial charge in [0.2, 0.25) is 5.91 Å². The molecule has 55 heavy (non-hydrogen) atoms. The standard InChI is InChI=1S/C41H45Cl2N5O7/c1-26-30(7-4-8-33(26)34-9-5-10-36(39(34)43)53-14-6-12-48-13-11-32(22-48)47-27(2)50)24-55-38-17-37(54-23-29-15-28(18-44)19-45-20-29)31(16-35(38)42)21-46-41(3,25-49)40(51)52/h4-5,7-10,15-17,19-20,32,46,49H,6,11-14,21-25H2,1-3H3,(H,47,50)(H,51,52)/t32-,41?/m1/s1. The fourth-order valence-corrected chi connectivity index (χ4v) is 6.79. The van der Waals surface area contributed by atoms with E-state index in [2.05, 4.69) is 26.6 Å². The highest BCUT2D eigenvalue weighted by atomic mass is 35.5. The Morgan fingerprint density at radius 2 is 1.78 bits per heavy atom. The number of halogens is 2. The second kappa shape index (κ2) is 19.1. The average Bonchev–Trinajstić information content (AvgIpc) is 3.62. The lowest BCUT2D eigenvalue weighted by molar-refractivity contribution is -0.146. The summed E-state index contributed by atoms with van der Waals surface area (Å²) in [7, 11) is 0. The van der Waals surface area contributed by atoms with Gasteiger partial charge < -0.3 is 34.6 Å². The van der Waals surface area contributed by atoms with Crippen molar-refractivity contribution in [1.29, 1.82) is 5.26 Å². The molecule has 1 saturated heterocycles. The molecule has 4 aromatic rings. The number of nitrogens with zero attached hydrogens (tertiary/aromatic N) is 3. The summed E-state index contributed by atoms with van der Waals surface area (Å²) < 4.78 is 18.5. The second-order valence-corrected chi connectivity index (χ2v) is 14.5. The molecule has 1 amide bonds. The van der Waals surface area contributed by atoms with Gasteiger partial charge in [0.15, 0.2) is 0 Å². The van der Waals surface area contributed by atoms with Crippen LogP contribution in [0.3, 0.4) is 0 Å². The molecule has 2 atom stereocenters. The Bertz CT molecular complexity index is 2040. The first-order valence-corrected chi connectivity index (χ1v) is 18.7. The van der Waals surface area contributed by atoms with E-state index in [-0.39, 0.29) is 36.7 Å². The minimum atomic E-state index is -1.60. The number of nitrogens with one attached hydrogen (secondary N) is 2. The predicted molar refractivity (Wildman–Crippen MR) is 209 cm³/mol. The number of aliphatic hydroxyl groups is 1. The van der Waals surface area contributed by atoms with Gasteiger partial charge in [-0.05, 0) is 61.6 Å². The number of likely N-dealkylation sites (tertiary alicyclic amines) is 1. The third-order valence-electron chi connectivity index (χ3n) is 9.53. The number of aliphatic carboxylic acids is 1. The van der Waals surface area contributed by atoms with Gasteiger partial charge in [-0.2, -0.15) is 5.26 Å². The molecule has 2 heterocycles. The summed E-state index contributed by atoms with van der Waals surface area (Å²) in [6, 6.07) is 18.8. The molecule has 1 fully saturated rings. The van der Waals surface area contributed by atoms with Crippen LogP contribution < -0.4 is 24.8 Å². The summed E-state index contributed by atoms with van der Waals surface area (Å²) >= 11 is 13.6. The number of aliphatic hydroxyl groups excluding tert-OH is 1. The fourth-order valence-electron chi connectivity index (χ4n) is 6.27. The number of hydrogen-bond acceptors (Lipinski definition) is 10. The van der Waals surface area contributed by atoms with E-state index in [4.69, 9.17) is 37.4 Å². The van der Waals surface area contributed by atoms with Crippen LogP contribution in [0.15, 0.2) is 67.0 Å². The molecule has 3 aromatic carbocycles. The van der Waals surface area contributed by atoms with Gasteiger partial charge >= 0.3 is 5.97 Å². The summed E-state index contributed by atoms with van der Waals surface area (Å²) in [4.78, 5) is 29.6. The lowest BCUT2D eigenvalue weighted by Crippen LogP contribution is -2.52. The molecule has 0 spiro atoms. The van der Waals surface area contributed by atoms with E-state index in [0.717, 1.165) is 54.7 Å². The molecule has 4 N–H and O–H groups in total. The van der Waals surface area contributed by atoms with Crippen LogP contribution in [0.1, 0.15) is 54.5 Å². The van der Waals surface area contributed by atoms with E-state index >= 15 is 0 Å². The molecule has 1 aromatic heterocycles. The number of carbonyl (C=O) groups is 2. The number of carboxylic acid groups (broad SMARTS) is 1. The first-order valence-electron chi connectivity index (χ1n) is 17.9. The van der Waals surface area contributed by atoms with Crippen LogP contribution in [0.5, 0.6) is 17.2 Å². The van der Waals surface area contributed by atoms with Crippen molar-refractivity contribution in [2.45, 2.75) is 65.0 Å². The van der Waals surface area contributed by atoms with Gasteiger partial charge in [0.25, 0.3) is 0 Å². The zero-order valence-corrected chi connectivity index (χ0v) is 32.5. The zero-order chi connectivity index (χ0) is 39.5. The molecular weight excluding hydrogens is 745 g/mol. The summed E-state index contributed by atoms with van der Waals surface area (Å²) in [6.45, 7) is 7.69. The van der Waals surface area contributed by atoms with Crippen LogP contribution >= 0.6 is 23.2 Å². The maximum Gasteiger partial charge on any atom is 0.326 e. The molecule has 1 aliphatic heterocycles. The Hall–Kier alpha value is -4.90. The number of carboxylic acids is 1. The van der Waals surface area contributed by atoms with Crippen LogP contribution in [-0.4, -0.2) is 76.4 Å². The van der Waals surface area contributed by atoms with Crippen LogP contribution in [0, 0.1) is 18.3 Å². The first kappa shape index (κ1) is 41.3. The quantitative estimate of drug-likeness (QED) is 0.0837. The maximum absolute atomic E-state index is 11.8. The van der Waals surface area contributed by atoms with Gasteiger partial charge in [-0.25, -0.2) is 0 Å². The lowest BCUT2D eigenvalue weighted by atomic mass is 9.96. The molecule has 0 bridgehead atoms. The molecule has 1 aliphatic rings. The summed E-state index contributed by atoms with van der Waals surface area (Å²) in [6.07, 6.45) is 4.81. The van der Waals surface area contributed by atoms with Gasteiger partial charge in [0.1, 0.15) is 42.1 Å². The van der Waals surface area contributed by atoms with Crippen molar-refractivity contribution in [3.05, 3.63) is 105 Å². The number of aromatic nitrogens is 1. The van der Waals surface area contributed by atoms with Gasteiger partial charge in [0.05, 0.1) is 28.8 Å². The van der Waals surface area contributed by atoms with Crippen molar-refractivity contribution in [2.75, 3.05) is 32.8 Å². The van der Waals surface area contributed by atoms with Crippen molar-refractivity contribution in [3.63, 3.8) is 0 Å². The van der Waals surface area contributed by atoms with Crippen molar-refractivity contribution in [3.8, 4) is 34.4 Å². The average molecular weight is 791 g/mol. The topological polar surface area (TPSA) is 166 Å². The van der Waals surface area contributed by atoms with Gasteiger partial charge in [0, 0.05) is 74.3 Å². The molecule has 0 aliphatic carbocycles. The summed E-state index contributed by atoms with van der Waals surface area (Å²) in [5.74, 6) is 0.0909. The van der Waals surface area contributed by atoms with E-state index in [1.54, 1.807) is 31.3 Å². The smallest absolute Gasteiger partial charge is 0.326 e. The molecule has 0 saturated carbocycles. The molecule has 1 unspecified atom stereocenters. The number of pyridine rings is 1. The van der Waals surface area contributed by atoms with Crippen LogP contribution in [0.2, 0.25) is 10.0 Å². The van der Waals surface area contributed by atoms with E-state index in [1.165, 1.54) is 13.1 Å². The van der Waals surface area contributed by atoms with E-state index < -0.39 is 18.1 Å². The third kappa shape index (κ3) is 10.9. The minimum Gasteiger partial charge on any atom is -0.492 e. The predicted octanol–water partition coefficient (Wildman–Crippen LogP) is 6.30. The van der Waals surface area contributed by atoms with Crippen molar-refractivity contribution in [2.24, 2.45) is 0 Å². The Morgan fingerprint density at radius 1 is 1.02 bits per heavy atom. The Labute approximate surface area is 330 Å². The Balaban J connectivity index is 1.28. The maximum atomic E-state index is 11.8. The third-order valence-corrected chi connectivity index (χ3v) is 10.2. The minimum absolute atomic E-state index is 0.00107. The van der Waals surface area contributed by atoms with Gasteiger partial charge in [-0.3, -0.25) is 19.9 Å². The Morgan fingerprint density at radius 3 is 2.53 bits per heavy atom. The molecular formula is C41H45Cl2N5O7. The van der Waals surface area contributed by atoms with Crippen LogP contribution in [0.25, 0.3) is 11.1 Å². The molecule has 290 valence electrons. The number of rotatable bonds is 18. The Kier molecular flexibility index (Phi) is 14.3. The fraction of sp³-hybridized carbons (Fsp3) is 0.366. The van der Waals surface area contributed by atoms with Gasteiger partial charge in [-0.1, -0.05) is 53.5 Å². The van der Waals surface area contributed by atoms with E-state index in [9.17, 15) is 25.1 Å². The first-order chi connectivity index (χ1) is 26.4. The highest BCUT2D eigenvalue weighted by molar-refractivity contribution is 6.35. The number of ether oxygens (including phenoxy) is 3. The number of hydrogen-bond donors (Lipinski definition) is 4. The normalized spacial score (nSPS) is 15.2. The lowest BCUT2D eigenvalue weighted by Gasteiger charge is -2.25. The van der Waals surface area contributed by atoms with Crippen LogP contribution in [0.4, 0.5) is 0 Å². The van der Waals surface area contributed by atoms with E-state index in [1.807, 2.05) is 43.3 Å². The summed E-state index contributed by atoms with van der Waals surface area (Å²) in [5, 5.41) is 35.3. The molecule has 12 nitrogen and oxygen atoms in total. The number of carbonyl (C=O) groups excluding carboxylic acids is 1. The largest absolute Gasteiger partial charge is 0.492 e. The van der Waals surface area contributed by atoms with Crippen molar-refractivity contribution < 1.29 is 34.0 Å². The molecule has 14 heteroatoms. The monoisotopic (exact) mass is 789 g/mol. The number of nitriles is 1. The van der Waals surface area contributed by atoms with Crippen molar-refractivity contribution in [1.82, 2.24) is 20.5 Å². The second-order valence-electron chi connectivity index (χ2n) is 13.7. The zero-order valence-electron chi connectivity index (χ0n) is 31.0. The van der Waals surface area contributed by atoms with Gasteiger partial charge in [-0.15, -0.1) is 0 Å².